The first kappa shape index (κ1) is 55.2. The number of ether oxygens (including phenoxy) is 2. The minimum atomic E-state index is -4.62. The van der Waals surface area contributed by atoms with Crippen LogP contribution in [0.2, 0.25) is 0 Å². The number of phosphoric acid groups is 1. The van der Waals surface area contributed by atoms with Gasteiger partial charge in [0.25, 0.3) is 0 Å². The van der Waals surface area contributed by atoms with Crippen LogP contribution in [0, 0.1) is 0 Å². The lowest BCUT2D eigenvalue weighted by molar-refractivity contribution is -0.161. The molecule has 0 aromatic heterocycles. The molecule has 0 aliphatic carbocycles. The van der Waals surface area contributed by atoms with Gasteiger partial charge in [0.1, 0.15) is 12.7 Å². The van der Waals surface area contributed by atoms with E-state index < -0.39 is 51.8 Å². The van der Waals surface area contributed by atoms with Gasteiger partial charge in [0, 0.05) is 12.8 Å². The first-order chi connectivity index (χ1) is 27.7. The zero-order valence-electron chi connectivity index (χ0n) is 36.3. The van der Waals surface area contributed by atoms with Crippen molar-refractivity contribution in [3.63, 3.8) is 0 Å². The van der Waals surface area contributed by atoms with Crippen molar-refractivity contribution < 1.29 is 47.8 Å². The van der Waals surface area contributed by atoms with Crippen LogP contribution in [0.3, 0.4) is 0 Å². The van der Waals surface area contributed by atoms with E-state index in [0.29, 0.717) is 12.8 Å². The van der Waals surface area contributed by atoms with Crippen molar-refractivity contribution in [1.82, 2.24) is 0 Å². The maximum atomic E-state index is 12.6. The highest BCUT2D eigenvalue weighted by Crippen LogP contribution is 2.43. The van der Waals surface area contributed by atoms with Crippen LogP contribution in [-0.4, -0.2) is 65.7 Å². The minimum absolute atomic E-state index is 0.176. The summed E-state index contributed by atoms with van der Waals surface area (Å²) in [6.45, 7) is 2.35. The van der Waals surface area contributed by atoms with E-state index in [1.54, 1.807) is 0 Å². The highest BCUT2D eigenvalue weighted by Gasteiger charge is 2.27. The Labute approximate surface area is 348 Å². The van der Waals surface area contributed by atoms with E-state index in [2.05, 4.69) is 50.3 Å². The molecule has 0 aliphatic heterocycles. The first-order valence-corrected chi connectivity index (χ1v) is 24.4. The molecule has 0 aromatic rings. The van der Waals surface area contributed by atoms with Crippen LogP contribution in [0.1, 0.15) is 206 Å². The molecular weight excluding hydrogens is 743 g/mol. The molecule has 3 atom stereocenters. The maximum Gasteiger partial charge on any atom is 0.472 e. The zero-order chi connectivity index (χ0) is 41.9. The number of unbranched alkanes of at least 4 members (excludes halogenated alkanes) is 23. The summed E-state index contributed by atoms with van der Waals surface area (Å²) in [4.78, 5) is 35.0. The van der Waals surface area contributed by atoms with Gasteiger partial charge in [-0.1, -0.05) is 159 Å². The molecule has 0 spiro atoms. The van der Waals surface area contributed by atoms with Gasteiger partial charge in [-0.15, -0.1) is 0 Å². The number of hydrogen-bond acceptors (Lipinski definition) is 9. The molecule has 0 heterocycles. The van der Waals surface area contributed by atoms with Gasteiger partial charge >= 0.3 is 19.8 Å². The quantitative estimate of drug-likeness (QED) is 0.0235. The first-order valence-electron chi connectivity index (χ1n) is 22.9. The van der Waals surface area contributed by atoms with E-state index in [0.717, 1.165) is 44.9 Å². The van der Waals surface area contributed by atoms with E-state index in [1.807, 2.05) is 0 Å². The SMILES string of the molecule is CCCCCCCC/C=C/C/C=C/CCCCC(=O)OC[C@H](COP(=O)(O)OC[C@@H](O)CO)OC(=O)CCCCCCCCCCC/C=C/CCCCCCCC. The minimum Gasteiger partial charge on any atom is -0.462 e. The van der Waals surface area contributed by atoms with Gasteiger partial charge in [0.15, 0.2) is 6.10 Å². The van der Waals surface area contributed by atoms with Gasteiger partial charge in [0.2, 0.25) is 0 Å². The predicted octanol–water partition coefficient (Wildman–Crippen LogP) is 12.3. The molecule has 0 aliphatic rings. The molecule has 0 fully saturated rings. The Balaban J connectivity index is 4.29. The van der Waals surface area contributed by atoms with E-state index >= 15 is 0 Å². The van der Waals surface area contributed by atoms with Crippen molar-refractivity contribution in [3.8, 4) is 0 Å². The summed E-state index contributed by atoms with van der Waals surface area (Å²) in [6.07, 6.45) is 44.0. The van der Waals surface area contributed by atoms with Crippen molar-refractivity contribution in [2.24, 2.45) is 0 Å². The molecular formula is C46H85O10P. The molecule has 10 nitrogen and oxygen atoms in total. The van der Waals surface area contributed by atoms with E-state index in [1.165, 1.54) is 122 Å². The van der Waals surface area contributed by atoms with Gasteiger partial charge in [-0.05, 0) is 70.6 Å². The molecule has 0 saturated carbocycles. The highest BCUT2D eigenvalue weighted by atomic mass is 31.2. The Morgan fingerprint density at radius 3 is 1.40 bits per heavy atom. The van der Waals surface area contributed by atoms with Crippen LogP contribution < -0.4 is 0 Å². The molecule has 0 saturated heterocycles. The normalized spacial score (nSPS) is 14.1. The number of phosphoric ester groups is 1. The van der Waals surface area contributed by atoms with E-state index in [-0.39, 0.29) is 19.4 Å². The standard InChI is InChI=1S/C46H85O10P/c1-3-5-7-9-11-13-15-17-19-20-21-22-24-26-28-30-32-34-36-38-46(50)56-44(42-55-57(51,52)54-40-43(48)39-47)41-53-45(49)37-35-33-31-29-27-25-23-18-16-14-12-10-8-6-4-2/h17-19,23,27,29,43-44,47-48H,3-16,20-22,24-26,28,30-42H2,1-2H3,(H,51,52)/b19-17+,23-18+,29-27+/t43-,44+/m0/s1. The summed E-state index contributed by atoms with van der Waals surface area (Å²) < 4.78 is 32.7. The maximum absolute atomic E-state index is 12.6. The second-order valence-corrected chi connectivity index (χ2v) is 16.9. The number of aliphatic hydroxyl groups excluding tert-OH is 2. The van der Waals surface area contributed by atoms with Gasteiger partial charge in [-0.25, -0.2) is 4.57 Å². The second-order valence-electron chi connectivity index (χ2n) is 15.4. The molecule has 3 N–H and O–H groups in total. The fourth-order valence-electron chi connectivity index (χ4n) is 6.19. The predicted molar refractivity (Wildman–Crippen MR) is 233 cm³/mol. The third-order valence-corrected chi connectivity index (χ3v) is 10.7. The number of esters is 2. The number of carbonyl (C=O) groups is 2. The fraction of sp³-hybridized carbons (Fsp3) is 0.826. The number of carbonyl (C=O) groups excluding carboxylic acids is 2. The molecule has 0 radical (unpaired) electrons. The Bertz CT molecular complexity index is 1050. The van der Waals surface area contributed by atoms with Crippen LogP contribution in [0.15, 0.2) is 36.5 Å². The third kappa shape index (κ3) is 42.1. The van der Waals surface area contributed by atoms with Gasteiger partial charge in [0.05, 0.1) is 19.8 Å². The van der Waals surface area contributed by atoms with Crippen molar-refractivity contribution >= 4 is 19.8 Å². The lowest BCUT2D eigenvalue weighted by Gasteiger charge is -2.20. The largest absolute Gasteiger partial charge is 0.472 e. The Kier molecular flexibility index (Phi) is 41.0. The summed E-state index contributed by atoms with van der Waals surface area (Å²) in [5.41, 5.74) is 0. The van der Waals surface area contributed by atoms with Gasteiger partial charge in [-0.2, -0.15) is 0 Å². The summed E-state index contributed by atoms with van der Waals surface area (Å²) in [5.74, 6) is -0.961. The molecule has 0 amide bonds. The van der Waals surface area contributed by atoms with Crippen molar-refractivity contribution in [2.45, 2.75) is 219 Å². The number of allylic oxidation sites excluding steroid dienone is 6. The average molecular weight is 829 g/mol. The lowest BCUT2D eigenvalue weighted by atomic mass is 10.1. The van der Waals surface area contributed by atoms with Crippen LogP contribution in [-0.2, 0) is 32.7 Å². The zero-order valence-corrected chi connectivity index (χ0v) is 37.2. The Morgan fingerprint density at radius 1 is 0.526 bits per heavy atom. The highest BCUT2D eigenvalue weighted by molar-refractivity contribution is 7.47. The number of aliphatic hydroxyl groups is 2. The average Bonchev–Trinajstić information content (AvgIpc) is 3.20. The second kappa shape index (κ2) is 42.3. The Hall–Kier alpha value is -1.81. The third-order valence-electron chi connectivity index (χ3n) is 9.77. The molecule has 0 rings (SSSR count). The summed E-state index contributed by atoms with van der Waals surface area (Å²) in [6, 6.07) is 0. The lowest BCUT2D eigenvalue weighted by Crippen LogP contribution is -2.29. The van der Waals surface area contributed by atoms with E-state index in [4.69, 9.17) is 23.6 Å². The van der Waals surface area contributed by atoms with Gasteiger partial charge < -0.3 is 24.6 Å². The summed E-state index contributed by atoms with van der Waals surface area (Å²) in [7, 11) is -4.62. The van der Waals surface area contributed by atoms with E-state index in [9.17, 15) is 24.2 Å². The van der Waals surface area contributed by atoms with Crippen LogP contribution in [0.4, 0.5) is 0 Å². The topological polar surface area (TPSA) is 149 Å². The molecule has 0 bridgehead atoms. The van der Waals surface area contributed by atoms with Crippen LogP contribution >= 0.6 is 7.82 Å². The smallest absolute Gasteiger partial charge is 0.462 e. The molecule has 334 valence electrons. The van der Waals surface area contributed by atoms with Crippen molar-refractivity contribution in [1.29, 1.82) is 0 Å². The van der Waals surface area contributed by atoms with Crippen LogP contribution in [0.25, 0.3) is 0 Å². The summed E-state index contributed by atoms with van der Waals surface area (Å²) >= 11 is 0. The molecule has 57 heavy (non-hydrogen) atoms. The monoisotopic (exact) mass is 829 g/mol. The Morgan fingerprint density at radius 2 is 0.912 bits per heavy atom. The molecule has 11 heteroatoms. The van der Waals surface area contributed by atoms with Crippen molar-refractivity contribution in [3.05, 3.63) is 36.5 Å². The summed E-state index contributed by atoms with van der Waals surface area (Å²) in [5, 5.41) is 18.3. The molecule has 1 unspecified atom stereocenters. The number of rotatable bonds is 43. The van der Waals surface area contributed by atoms with Crippen LogP contribution in [0.5, 0.6) is 0 Å². The van der Waals surface area contributed by atoms with Gasteiger partial charge in [-0.3, -0.25) is 18.6 Å². The molecule has 0 aromatic carbocycles. The van der Waals surface area contributed by atoms with Crippen molar-refractivity contribution in [2.75, 3.05) is 26.4 Å². The fourth-order valence-corrected chi connectivity index (χ4v) is 6.98. The number of hydrogen-bond donors (Lipinski definition) is 3.